The molecule has 0 aliphatic heterocycles. The van der Waals surface area contributed by atoms with Crippen molar-refractivity contribution in [2.24, 2.45) is 14.1 Å². The number of amides is 1. The topological polar surface area (TPSA) is 109 Å². The molecule has 0 unspecified atom stereocenters. The normalized spacial score (nSPS) is 10.9. The summed E-state index contributed by atoms with van der Waals surface area (Å²) in [6.07, 6.45) is 0. The predicted molar refractivity (Wildman–Crippen MR) is 109 cm³/mol. The summed E-state index contributed by atoms with van der Waals surface area (Å²) in [6.45, 7) is 0.148. The van der Waals surface area contributed by atoms with Gasteiger partial charge in [0, 0.05) is 20.6 Å². The Bertz CT molecular complexity index is 1210. The van der Waals surface area contributed by atoms with Gasteiger partial charge in [0.05, 0.1) is 14.2 Å². The van der Waals surface area contributed by atoms with Gasteiger partial charge in [-0.1, -0.05) is 6.07 Å². The van der Waals surface area contributed by atoms with Gasteiger partial charge in [0.15, 0.2) is 27.4 Å². The summed E-state index contributed by atoms with van der Waals surface area (Å²) in [5.74, 6) is 0.847. The van der Waals surface area contributed by atoms with Crippen molar-refractivity contribution in [1.29, 1.82) is 0 Å². The lowest BCUT2D eigenvalue weighted by atomic mass is 10.2. The summed E-state index contributed by atoms with van der Waals surface area (Å²) < 4.78 is 14.5. The molecule has 3 rings (SSSR count). The van der Waals surface area contributed by atoms with Crippen molar-refractivity contribution >= 4 is 33.0 Å². The summed E-state index contributed by atoms with van der Waals surface area (Å²) in [7, 11) is 5.99. The van der Waals surface area contributed by atoms with Gasteiger partial charge in [-0.05, 0) is 33.6 Å². The van der Waals surface area contributed by atoms with Gasteiger partial charge in [0.25, 0.3) is 5.56 Å². The third-order valence-electron chi connectivity index (χ3n) is 4.53. The molecule has 0 aliphatic carbocycles. The lowest BCUT2D eigenvalue weighted by Gasteiger charge is -2.12. The minimum absolute atomic E-state index is 0.106. The molecule has 1 aromatic carbocycles. The Balaban J connectivity index is 1.83. The molecule has 0 saturated carbocycles. The van der Waals surface area contributed by atoms with E-state index in [0.717, 1.165) is 10.1 Å². The Morgan fingerprint density at radius 3 is 2.48 bits per heavy atom. The lowest BCUT2D eigenvalue weighted by molar-refractivity contribution is -0.121. The van der Waals surface area contributed by atoms with Crippen LogP contribution >= 0.6 is 15.9 Å². The van der Waals surface area contributed by atoms with Crippen LogP contribution in [0.15, 0.2) is 32.5 Å². The van der Waals surface area contributed by atoms with E-state index < -0.39 is 11.2 Å². The first-order valence-corrected chi connectivity index (χ1v) is 9.37. The molecule has 2 heterocycles. The minimum Gasteiger partial charge on any atom is -0.493 e. The zero-order valence-electron chi connectivity index (χ0n) is 16.4. The second kappa shape index (κ2) is 8.11. The predicted octanol–water partition coefficient (Wildman–Crippen LogP) is 0.530. The van der Waals surface area contributed by atoms with Gasteiger partial charge in [0.1, 0.15) is 6.54 Å². The number of carbonyl (C=O) groups is 1. The van der Waals surface area contributed by atoms with Crippen molar-refractivity contribution in [1.82, 2.24) is 24.0 Å². The SMILES string of the molecule is COc1ccc(CNC(=O)Cn2c(Br)nc3c(=O)n(C)c(=O)n(C)c32)cc1OC. The molecule has 29 heavy (non-hydrogen) atoms. The molecule has 0 spiro atoms. The Hall–Kier alpha value is -3.08. The number of halogens is 1. The average molecular weight is 466 g/mol. The molecule has 1 N–H and O–H groups in total. The maximum absolute atomic E-state index is 12.5. The fourth-order valence-electron chi connectivity index (χ4n) is 2.99. The number of fused-ring (bicyclic) bond motifs is 1. The smallest absolute Gasteiger partial charge is 0.332 e. The second-order valence-corrected chi connectivity index (χ2v) is 7.02. The molecule has 0 aliphatic rings. The number of nitrogens with zero attached hydrogens (tertiary/aromatic N) is 4. The summed E-state index contributed by atoms with van der Waals surface area (Å²) >= 11 is 3.26. The van der Waals surface area contributed by atoms with Gasteiger partial charge in [0.2, 0.25) is 5.91 Å². The number of rotatable bonds is 6. The molecule has 0 radical (unpaired) electrons. The standard InChI is InChI=1S/C18H20BrN5O5/c1-22-15-14(16(26)23(2)18(22)27)21-17(19)24(15)9-13(25)20-8-10-5-6-11(28-3)12(7-10)29-4/h5-7H,8-9H2,1-4H3,(H,20,25). The summed E-state index contributed by atoms with van der Waals surface area (Å²) in [5, 5.41) is 2.80. The quantitative estimate of drug-likeness (QED) is 0.531. The molecular weight excluding hydrogens is 446 g/mol. The van der Waals surface area contributed by atoms with Crippen LogP contribution in [0.4, 0.5) is 0 Å². The van der Waals surface area contributed by atoms with Gasteiger partial charge in [-0.2, -0.15) is 0 Å². The Labute approximate surface area is 173 Å². The maximum atomic E-state index is 12.5. The van der Waals surface area contributed by atoms with E-state index in [-0.39, 0.29) is 34.9 Å². The first-order chi connectivity index (χ1) is 13.8. The fourth-order valence-corrected chi connectivity index (χ4v) is 3.46. The molecule has 2 aromatic heterocycles. The van der Waals surface area contributed by atoms with Crippen LogP contribution in [0.1, 0.15) is 5.56 Å². The molecule has 3 aromatic rings. The third kappa shape index (κ3) is 3.77. The van der Waals surface area contributed by atoms with Crippen molar-refractivity contribution in [2.45, 2.75) is 13.1 Å². The van der Waals surface area contributed by atoms with Crippen LogP contribution < -0.4 is 26.0 Å². The highest BCUT2D eigenvalue weighted by Crippen LogP contribution is 2.27. The van der Waals surface area contributed by atoms with E-state index >= 15 is 0 Å². The van der Waals surface area contributed by atoms with Crippen LogP contribution in [0.25, 0.3) is 11.2 Å². The molecule has 154 valence electrons. The molecule has 0 atom stereocenters. The van der Waals surface area contributed by atoms with E-state index in [0.29, 0.717) is 11.5 Å². The van der Waals surface area contributed by atoms with Gasteiger partial charge in [-0.15, -0.1) is 0 Å². The summed E-state index contributed by atoms with van der Waals surface area (Å²) in [5.41, 5.74) is 0.183. The van der Waals surface area contributed by atoms with Gasteiger partial charge in [-0.25, -0.2) is 9.78 Å². The largest absolute Gasteiger partial charge is 0.493 e. The number of ether oxygens (including phenoxy) is 2. The van der Waals surface area contributed by atoms with E-state index in [1.807, 2.05) is 6.07 Å². The first kappa shape index (κ1) is 20.6. The van der Waals surface area contributed by atoms with Crippen LogP contribution in [0, 0.1) is 0 Å². The van der Waals surface area contributed by atoms with Gasteiger partial charge in [-0.3, -0.25) is 23.3 Å². The van der Waals surface area contributed by atoms with Crippen LogP contribution in [-0.2, 0) is 32.0 Å². The number of imidazole rings is 1. The summed E-state index contributed by atoms with van der Waals surface area (Å²) in [6, 6.07) is 5.35. The monoisotopic (exact) mass is 465 g/mol. The third-order valence-corrected chi connectivity index (χ3v) is 5.14. The molecule has 0 saturated heterocycles. The second-order valence-electron chi connectivity index (χ2n) is 6.31. The van der Waals surface area contributed by atoms with E-state index in [1.54, 1.807) is 19.2 Å². The molecular formula is C18H20BrN5O5. The van der Waals surface area contributed by atoms with Crippen molar-refractivity contribution in [3.8, 4) is 11.5 Å². The number of hydrogen-bond acceptors (Lipinski definition) is 6. The van der Waals surface area contributed by atoms with Crippen LogP contribution in [0.5, 0.6) is 11.5 Å². The maximum Gasteiger partial charge on any atom is 0.332 e. The van der Waals surface area contributed by atoms with Crippen molar-refractivity contribution < 1.29 is 14.3 Å². The molecule has 11 heteroatoms. The number of aromatic nitrogens is 4. The zero-order valence-corrected chi connectivity index (χ0v) is 17.9. The number of hydrogen-bond donors (Lipinski definition) is 1. The number of aryl methyl sites for hydroxylation is 1. The number of benzene rings is 1. The highest BCUT2D eigenvalue weighted by Gasteiger charge is 2.19. The van der Waals surface area contributed by atoms with Crippen molar-refractivity contribution in [3.05, 3.63) is 49.3 Å². The number of carbonyl (C=O) groups excluding carboxylic acids is 1. The van der Waals surface area contributed by atoms with E-state index in [1.165, 1.54) is 30.3 Å². The minimum atomic E-state index is -0.520. The Morgan fingerprint density at radius 1 is 1.14 bits per heavy atom. The van der Waals surface area contributed by atoms with Crippen LogP contribution in [-0.4, -0.2) is 38.8 Å². The highest BCUT2D eigenvalue weighted by atomic mass is 79.9. The van der Waals surface area contributed by atoms with Gasteiger partial charge < -0.3 is 14.8 Å². The lowest BCUT2D eigenvalue weighted by Crippen LogP contribution is -2.38. The van der Waals surface area contributed by atoms with E-state index in [9.17, 15) is 14.4 Å². The van der Waals surface area contributed by atoms with Gasteiger partial charge >= 0.3 is 5.69 Å². The fraction of sp³-hybridized carbons (Fsp3) is 0.333. The number of methoxy groups -OCH3 is 2. The summed E-state index contributed by atoms with van der Waals surface area (Å²) in [4.78, 5) is 41.2. The molecule has 1 amide bonds. The average Bonchev–Trinajstić information content (AvgIpc) is 3.05. The highest BCUT2D eigenvalue weighted by molar-refractivity contribution is 9.10. The van der Waals surface area contributed by atoms with Crippen molar-refractivity contribution in [2.75, 3.05) is 14.2 Å². The molecule has 0 bridgehead atoms. The Kier molecular flexibility index (Phi) is 5.78. The number of nitrogens with one attached hydrogen (secondary N) is 1. The zero-order chi connectivity index (χ0) is 21.3. The van der Waals surface area contributed by atoms with Crippen LogP contribution in [0.3, 0.4) is 0 Å². The molecule has 0 fully saturated rings. The van der Waals surface area contributed by atoms with Crippen LogP contribution in [0.2, 0.25) is 0 Å². The molecule has 10 nitrogen and oxygen atoms in total. The Morgan fingerprint density at radius 2 is 1.83 bits per heavy atom. The van der Waals surface area contributed by atoms with Crippen molar-refractivity contribution in [3.63, 3.8) is 0 Å². The first-order valence-electron chi connectivity index (χ1n) is 8.57. The van der Waals surface area contributed by atoms with E-state index in [2.05, 4.69) is 26.2 Å². The van der Waals surface area contributed by atoms with E-state index in [4.69, 9.17) is 9.47 Å².